The van der Waals surface area contributed by atoms with Gasteiger partial charge >= 0.3 is 0 Å². The molecule has 3 aromatic heterocycles. The number of halogens is 1. The first-order valence-corrected chi connectivity index (χ1v) is 9.46. The van der Waals surface area contributed by atoms with Gasteiger partial charge in [0.15, 0.2) is 17.4 Å². The maximum absolute atomic E-state index is 14.3. The first-order valence-electron chi connectivity index (χ1n) is 9.46. The van der Waals surface area contributed by atoms with E-state index in [0.29, 0.717) is 17.1 Å². The fourth-order valence-corrected chi connectivity index (χ4v) is 2.82. The Labute approximate surface area is 177 Å². The molecule has 8 heteroatoms. The van der Waals surface area contributed by atoms with Gasteiger partial charge in [0, 0.05) is 43.0 Å². The number of carbonyl (C=O) groups is 1. The van der Waals surface area contributed by atoms with Crippen LogP contribution in [0.2, 0.25) is 0 Å². The monoisotopic (exact) mass is 415 g/mol. The van der Waals surface area contributed by atoms with Gasteiger partial charge in [0.2, 0.25) is 5.91 Å². The van der Waals surface area contributed by atoms with E-state index in [1.54, 1.807) is 59.8 Å². The number of nitrogens with one attached hydrogen (secondary N) is 1. The van der Waals surface area contributed by atoms with Gasteiger partial charge in [-0.15, -0.1) is 0 Å². The fourth-order valence-electron chi connectivity index (χ4n) is 2.82. The van der Waals surface area contributed by atoms with Crippen LogP contribution in [0.1, 0.15) is 11.1 Å². The van der Waals surface area contributed by atoms with Gasteiger partial charge < -0.3 is 10.1 Å². The van der Waals surface area contributed by atoms with E-state index in [2.05, 4.69) is 20.4 Å². The summed E-state index contributed by atoms with van der Waals surface area (Å²) in [4.78, 5) is 20.5. The number of pyridine rings is 2. The number of hydrogen-bond donors (Lipinski definition) is 1. The van der Waals surface area contributed by atoms with E-state index in [1.165, 1.54) is 30.5 Å². The maximum Gasteiger partial charge on any atom is 0.244 e. The Balaban J connectivity index is 1.37. The summed E-state index contributed by atoms with van der Waals surface area (Å²) < 4.78 is 21.4. The topological polar surface area (TPSA) is 81.9 Å². The molecule has 0 unspecified atom stereocenters. The summed E-state index contributed by atoms with van der Waals surface area (Å²) in [6, 6.07) is 13.3. The van der Waals surface area contributed by atoms with Gasteiger partial charge in [0.05, 0.1) is 6.20 Å². The minimum absolute atomic E-state index is 0.0809. The Morgan fingerprint density at radius 2 is 2.03 bits per heavy atom. The molecular weight excluding hydrogens is 397 g/mol. The van der Waals surface area contributed by atoms with Crippen molar-refractivity contribution in [2.45, 2.75) is 6.54 Å². The van der Waals surface area contributed by atoms with Gasteiger partial charge in [-0.25, -0.2) is 14.1 Å². The number of ether oxygens (including phenoxy) is 1. The van der Waals surface area contributed by atoms with Gasteiger partial charge in [-0.05, 0) is 48.0 Å². The second-order valence-electron chi connectivity index (χ2n) is 6.47. The van der Waals surface area contributed by atoms with E-state index in [9.17, 15) is 9.18 Å². The average molecular weight is 415 g/mol. The Hall–Kier alpha value is -4.33. The molecule has 0 atom stereocenters. The molecule has 0 fully saturated rings. The average Bonchev–Trinajstić information content (AvgIpc) is 3.34. The van der Waals surface area contributed by atoms with Gasteiger partial charge in [-0.2, -0.15) is 5.10 Å². The summed E-state index contributed by atoms with van der Waals surface area (Å²) >= 11 is 0. The van der Waals surface area contributed by atoms with Crippen LogP contribution in [0.4, 0.5) is 4.39 Å². The molecule has 1 amide bonds. The molecule has 0 saturated carbocycles. The lowest BCUT2D eigenvalue weighted by Crippen LogP contribution is -2.21. The number of aromatic nitrogens is 4. The van der Waals surface area contributed by atoms with Crippen molar-refractivity contribution in [3.8, 4) is 17.3 Å². The molecule has 7 nitrogen and oxygen atoms in total. The molecule has 31 heavy (non-hydrogen) atoms. The molecule has 0 aliphatic heterocycles. The molecule has 0 aliphatic rings. The zero-order valence-corrected chi connectivity index (χ0v) is 16.4. The van der Waals surface area contributed by atoms with Crippen molar-refractivity contribution >= 4 is 12.0 Å². The zero-order valence-electron chi connectivity index (χ0n) is 16.4. The Bertz CT molecular complexity index is 1190. The molecule has 154 valence electrons. The van der Waals surface area contributed by atoms with E-state index < -0.39 is 5.82 Å². The van der Waals surface area contributed by atoms with Crippen molar-refractivity contribution in [3.63, 3.8) is 0 Å². The number of rotatable bonds is 7. The van der Waals surface area contributed by atoms with Crippen molar-refractivity contribution in [1.82, 2.24) is 25.1 Å². The number of hydrogen-bond acceptors (Lipinski definition) is 5. The minimum atomic E-state index is -0.536. The molecule has 0 bridgehead atoms. The third-order valence-electron chi connectivity index (χ3n) is 4.29. The predicted octanol–water partition coefficient (Wildman–Crippen LogP) is 3.92. The van der Waals surface area contributed by atoms with Crippen molar-refractivity contribution in [2.24, 2.45) is 0 Å². The lowest BCUT2D eigenvalue weighted by Gasteiger charge is -2.08. The number of carbonyl (C=O) groups excluding carboxylic acids is 1. The smallest absolute Gasteiger partial charge is 0.244 e. The molecule has 4 rings (SSSR count). The molecule has 0 saturated heterocycles. The second kappa shape index (κ2) is 9.45. The van der Waals surface area contributed by atoms with Gasteiger partial charge in [0.1, 0.15) is 5.75 Å². The summed E-state index contributed by atoms with van der Waals surface area (Å²) in [6.45, 7) is 0.276. The standard InChI is InChI=1S/C23H18FN5O2/c24-20-14-17(6-8-21(20)31-19-5-2-10-25-16-19)7-9-22(30)27-15-18-4-1-11-26-23(18)29-13-3-12-28-29/h1-14,16H,15H2,(H,27,30)/b9-7+. The normalized spacial score (nSPS) is 10.9. The highest BCUT2D eigenvalue weighted by molar-refractivity contribution is 5.91. The SMILES string of the molecule is O=C(/C=C/c1ccc(Oc2cccnc2)c(F)c1)NCc1cccnc1-n1cccn1. The van der Waals surface area contributed by atoms with Crippen molar-refractivity contribution in [1.29, 1.82) is 0 Å². The van der Waals surface area contributed by atoms with E-state index in [1.807, 2.05) is 6.07 Å². The molecule has 0 radical (unpaired) electrons. The van der Waals surface area contributed by atoms with Crippen LogP contribution in [0.3, 0.4) is 0 Å². The van der Waals surface area contributed by atoms with Gasteiger partial charge in [-0.3, -0.25) is 9.78 Å². The van der Waals surface area contributed by atoms with Crippen LogP contribution in [-0.2, 0) is 11.3 Å². The number of nitrogens with zero attached hydrogens (tertiary/aromatic N) is 4. The highest BCUT2D eigenvalue weighted by Gasteiger charge is 2.08. The van der Waals surface area contributed by atoms with Crippen LogP contribution < -0.4 is 10.1 Å². The molecule has 0 aliphatic carbocycles. The summed E-state index contributed by atoms with van der Waals surface area (Å²) in [5, 5.41) is 6.97. The van der Waals surface area contributed by atoms with Crippen molar-refractivity contribution < 1.29 is 13.9 Å². The summed E-state index contributed by atoms with van der Waals surface area (Å²) in [5.74, 6) is 0.311. The molecule has 1 N–H and O–H groups in total. The lowest BCUT2D eigenvalue weighted by atomic mass is 10.2. The highest BCUT2D eigenvalue weighted by Crippen LogP contribution is 2.24. The zero-order chi connectivity index (χ0) is 21.5. The van der Waals surface area contributed by atoms with Gasteiger partial charge in [0.25, 0.3) is 0 Å². The highest BCUT2D eigenvalue weighted by atomic mass is 19.1. The van der Waals surface area contributed by atoms with E-state index in [4.69, 9.17) is 4.74 Å². The van der Waals surface area contributed by atoms with Crippen LogP contribution in [0.15, 0.2) is 85.6 Å². The predicted molar refractivity (Wildman–Crippen MR) is 113 cm³/mol. The van der Waals surface area contributed by atoms with Crippen LogP contribution in [0.5, 0.6) is 11.5 Å². The summed E-state index contributed by atoms with van der Waals surface area (Å²) in [6.07, 6.45) is 11.1. The minimum Gasteiger partial charge on any atom is -0.453 e. The Kier molecular flexibility index (Phi) is 6.08. The third kappa shape index (κ3) is 5.18. The second-order valence-corrected chi connectivity index (χ2v) is 6.47. The number of benzene rings is 1. The third-order valence-corrected chi connectivity index (χ3v) is 4.29. The molecule has 0 spiro atoms. The quantitative estimate of drug-likeness (QED) is 0.463. The molecular formula is C23H18FN5O2. The maximum atomic E-state index is 14.3. The van der Waals surface area contributed by atoms with Crippen LogP contribution in [-0.4, -0.2) is 25.7 Å². The molecule has 1 aromatic carbocycles. The van der Waals surface area contributed by atoms with Crippen LogP contribution in [0.25, 0.3) is 11.9 Å². The van der Waals surface area contributed by atoms with Crippen molar-refractivity contribution in [2.75, 3.05) is 0 Å². The largest absolute Gasteiger partial charge is 0.453 e. The first kappa shape index (κ1) is 20.0. The molecule has 4 aromatic rings. The van der Waals surface area contributed by atoms with Crippen molar-refractivity contribution in [3.05, 3.63) is 103 Å². The summed E-state index contributed by atoms with van der Waals surface area (Å²) in [7, 11) is 0. The Morgan fingerprint density at radius 1 is 1.13 bits per heavy atom. The number of amides is 1. The first-order chi connectivity index (χ1) is 15.2. The van der Waals surface area contributed by atoms with E-state index in [0.717, 1.165) is 5.56 Å². The molecule has 3 heterocycles. The van der Waals surface area contributed by atoms with Crippen LogP contribution >= 0.6 is 0 Å². The van der Waals surface area contributed by atoms with Gasteiger partial charge in [-0.1, -0.05) is 12.1 Å². The van der Waals surface area contributed by atoms with Crippen LogP contribution in [0, 0.1) is 5.82 Å². The summed E-state index contributed by atoms with van der Waals surface area (Å²) in [5.41, 5.74) is 1.35. The van der Waals surface area contributed by atoms with E-state index in [-0.39, 0.29) is 18.2 Å². The Morgan fingerprint density at radius 3 is 2.81 bits per heavy atom. The van der Waals surface area contributed by atoms with E-state index >= 15 is 0 Å². The fraction of sp³-hybridized carbons (Fsp3) is 0.0435. The lowest BCUT2D eigenvalue weighted by molar-refractivity contribution is -0.116.